The zero-order chi connectivity index (χ0) is 8.41. The first-order valence-corrected chi connectivity index (χ1v) is 4.17. The zero-order valence-electron chi connectivity index (χ0n) is 5.81. The van der Waals surface area contributed by atoms with Crippen molar-refractivity contribution in [1.82, 2.24) is 0 Å². The molecule has 0 saturated carbocycles. The first kappa shape index (κ1) is 24.4. The molecule has 0 aromatic carbocycles. The quantitative estimate of drug-likeness (QED) is 0.164. The van der Waals surface area contributed by atoms with Crippen molar-refractivity contribution in [2.75, 3.05) is 0 Å². The summed E-state index contributed by atoms with van der Waals surface area (Å²) in [7, 11) is -10.6. The molecule has 0 radical (unpaired) electrons. The van der Waals surface area contributed by atoms with Gasteiger partial charge in [-0.25, -0.2) is 16.8 Å². The van der Waals surface area contributed by atoms with Crippen LogP contribution in [-0.2, 0) is 46.5 Å². The van der Waals surface area contributed by atoms with Crippen LogP contribution in [0.5, 0.6) is 0 Å². The molecule has 0 saturated heterocycles. The van der Waals surface area contributed by atoms with E-state index < -0.39 is 20.8 Å². The zero-order valence-corrected chi connectivity index (χ0v) is 12.4. The van der Waals surface area contributed by atoms with Gasteiger partial charge in [-0.2, -0.15) is 0 Å². The fraction of sp³-hybridized carbons (Fsp3) is 0. The normalized spacial score (nSPS) is 10.3. The molecule has 0 aromatic rings. The van der Waals surface area contributed by atoms with E-state index in [1.165, 1.54) is 0 Å². The third kappa shape index (κ3) is 25.0. The topological polar surface area (TPSA) is 133 Å². The minimum absolute atomic E-state index is 0. The SMILES string of the molecule is O=S(=O)([O-])OOS(=O)(=O)[O-].[Cl-].[Fe+2].[K+]. The Morgan fingerprint density at radius 1 is 0.846 bits per heavy atom. The first-order valence-electron chi connectivity index (χ1n) is 1.50. The van der Waals surface area contributed by atoms with Gasteiger partial charge < -0.3 is 21.5 Å². The van der Waals surface area contributed by atoms with Crippen LogP contribution in [0.15, 0.2) is 0 Å². The van der Waals surface area contributed by atoms with Crippen LogP contribution >= 0.6 is 0 Å². The van der Waals surface area contributed by atoms with Crippen LogP contribution < -0.4 is 63.8 Å². The summed E-state index contributed by atoms with van der Waals surface area (Å²) in [6.45, 7) is 0. The summed E-state index contributed by atoms with van der Waals surface area (Å²) in [5, 5.41) is 0. The molecule has 0 amide bonds. The maximum atomic E-state index is 9.37. The summed E-state index contributed by atoms with van der Waals surface area (Å²) < 4.78 is 61.5. The van der Waals surface area contributed by atoms with Crippen molar-refractivity contribution in [1.29, 1.82) is 0 Å². The fourth-order valence-electron chi connectivity index (χ4n) is 0.0680. The fourth-order valence-corrected chi connectivity index (χ4v) is 0.612. The molecule has 0 fully saturated rings. The standard InChI is InChI=1S/ClH.Fe.K.H2O8S2/c;;;1-9(2,3)7-8-10(4,5)6/h1H;;;(H,1,2,3)(H,4,5,6)/q;+2;+1;/p-3. The van der Waals surface area contributed by atoms with Crippen LogP contribution in [-0.4, -0.2) is 25.9 Å². The Bertz CT molecular complexity index is 258. The Balaban J connectivity index is -0.000000135. The van der Waals surface area contributed by atoms with Crippen LogP contribution in [0.4, 0.5) is 0 Å². The minimum atomic E-state index is -5.31. The van der Waals surface area contributed by atoms with Crippen LogP contribution in [0.2, 0.25) is 0 Å². The second-order valence-electron chi connectivity index (χ2n) is 0.953. The first-order chi connectivity index (χ1) is 4.21. The Morgan fingerprint density at radius 3 is 1.08 bits per heavy atom. The van der Waals surface area contributed by atoms with Crippen LogP contribution in [0.25, 0.3) is 0 Å². The van der Waals surface area contributed by atoms with Gasteiger partial charge in [-0.3, -0.25) is 0 Å². The van der Waals surface area contributed by atoms with Gasteiger partial charge in [-0.05, 0) is 0 Å². The number of hydrogen-bond acceptors (Lipinski definition) is 8. The Hall–Kier alpha value is 2.19. The molecule has 0 aliphatic carbocycles. The van der Waals surface area contributed by atoms with E-state index in [2.05, 4.69) is 8.67 Å². The number of hydrogen-bond donors (Lipinski definition) is 0. The molecule has 0 aromatic heterocycles. The van der Waals surface area contributed by atoms with Gasteiger partial charge in [0.15, 0.2) is 0 Å². The Morgan fingerprint density at radius 2 is 1.00 bits per heavy atom. The molecule has 0 aliphatic heterocycles. The second kappa shape index (κ2) is 9.41. The van der Waals surface area contributed by atoms with Gasteiger partial charge in [-0.15, -0.1) is 8.67 Å². The monoisotopic (exact) mass is 322 g/mol. The predicted octanol–water partition coefficient (Wildman–Crippen LogP) is -8.14. The average Bonchev–Trinajstić information content (AvgIpc) is 1.57. The second-order valence-corrected chi connectivity index (χ2v) is 2.86. The molecule has 0 heterocycles. The molecule has 0 atom stereocenters. The van der Waals surface area contributed by atoms with Crippen molar-refractivity contribution in [3.63, 3.8) is 0 Å². The largest absolute Gasteiger partial charge is 2.00 e. The van der Waals surface area contributed by atoms with E-state index in [1.807, 2.05) is 0 Å². The smallest absolute Gasteiger partial charge is 1.00 e. The van der Waals surface area contributed by atoms with Gasteiger partial charge in [0.2, 0.25) is 20.8 Å². The van der Waals surface area contributed by atoms with E-state index in [1.54, 1.807) is 0 Å². The van der Waals surface area contributed by atoms with Crippen molar-refractivity contribution < 1.29 is 115 Å². The summed E-state index contributed by atoms with van der Waals surface area (Å²) in [5.41, 5.74) is 0. The summed E-state index contributed by atoms with van der Waals surface area (Å²) in [6.07, 6.45) is 0. The van der Waals surface area contributed by atoms with E-state index in [0.717, 1.165) is 0 Å². The summed E-state index contributed by atoms with van der Waals surface area (Å²) in [5.74, 6) is 0. The van der Waals surface area contributed by atoms with E-state index in [-0.39, 0.29) is 80.9 Å². The minimum Gasteiger partial charge on any atom is -1.00 e. The molecule has 8 nitrogen and oxygen atoms in total. The van der Waals surface area contributed by atoms with E-state index in [9.17, 15) is 25.9 Å². The molecule has 0 rings (SSSR count). The average molecular weight is 323 g/mol. The molecular weight excluding hydrogens is 323 g/mol. The number of rotatable bonds is 3. The van der Waals surface area contributed by atoms with Gasteiger partial charge in [0.05, 0.1) is 0 Å². The maximum Gasteiger partial charge on any atom is 2.00 e. The summed E-state index contributed by atoms with van der Waals surface area (Å²) in [4.78, 5) is 0. The van der Waals surface area contributed by atoms with Crippen molar-refractivity contribution in [3.05, 3.63) is 0 Å². The van der Waals surface area contributed by atoms with Gasteiger partial charge in [0.1, 0.15) is 0 Å². The predicted molar refractivity (Wildman–Crippen MR) is 21.6 cm³/mol. The molecular formula is ClFeKO8S2. The van der Waals surface area contributed by atoms with Gasteiger partial charge >= 0.3 is 68.5 Å². The Labute approximate surface area is 134 Å². The maximum absolute atomic E-state index is 9.37. The van der Waals surface area contributed by atoms with E-state index >= 15 is 0 Å². The van der Waals surface area contributed by atoms with Crippen molar-refractivity contribution in [3.8, 4) is 0 Å². The summed E-state index contributed by atoms with van der Waals surface area (Å²) in [6, 6.07) is 0. The molecule has 13 heavy (non-hydrogen) atoms. The summed E-state index contributed by atoms with van der Waals surface area (Å²) >= 11 is 0. The van der Waals surface area contributed by atoms with Crippen molar-refractivity contribution in [2.24, 2.45) is 0 Å². The van der Waals surface area contributed by atoms with Crippen molar-refractivity contribution >= 4 is 20.8 Å². The molecule has 0 aliphatic rings. The Kier molecular flexibility index (Phi) is 17.7. The molecule has 13 heteroatoms. The molecule has 76 valence electrons. The van der Waals surface area contributed by atoms with Crippen LogP contribution in [0.3, 0.4) is 0 Å². The van der Waals surface area contributed by atoms with Gasteiger partial charge in [-0.1, -0.05) is 0 Å². The van der Waals surface area contributed by atoms with Crippen LogP contribution in [0.1, 0.15) is 0 Å². The molecule has 0 N–H and O–H groups in total. The number of halogens is 1. The van der Waals surface area contributed by atoms with E-state index in [0.29, 0.717) is 0 Å². The van der Waals surface area contributed by atoms with Crippen LogP contribution in [0, 0.1) is 0 Å². The van der Waals surface area contributed by atoms with E-state index in [4.69, 9.17) is 0 Å². The third-order valence-electron chi connectivity index (χ3n) is 0.194. The third-order valence-corrected chi connectivity index (χ3v) is 0.750. The molecule has 0 unspecified atom stereocenters. The molecule has 0 spiro atoms. The van der Waals surface area contributed by atoms with Crippen molar-refractivity contribution in [2.45, 2.75) is 0 Å². The van der Waals surface area contributed by atoms with Gasteiger partial charge in [0, 0.05) is 0 Å². The van der Waals surface area contributed by atoms with Gasteiger partial charge in [0.25, 0.3) is 0 Å². The molecule has 0 bridgehead atoms.